The molecule has 0 aromatic heterocycles. The molecule has 1 saturated heterocycles. The summed E-state index contributed by atoms with van der Waals surface area (Å²) in [5, 5.41) is 0. The van der Waals surface area contributed by atoms with Crippen LogP contribution in [0.15, 0.2) is 18.2 Å². The molecule has 0 radical (unpaired) electrons. The van der Waals surface area contributed by atoms with E-state index in [-0.39, 0.29) is 23.6 Å². The normalized spacial score (nSPS) is 23.4. The molecule has 1 aliphatic rings. The SMILES string of the molecule is CCC1COC(C)CN1C(=O)c1cc(N)ccc1F. The Morgan fingerprint density at radius 3 is 3.00 bits per heavy atom. The molecule has 0 bridgehead atoms. The number of hydrogen-bond donors (Lipinski definition) is 1. The van der Waals surface area contributed by atoms with E-state index >= 15 is 0 Å². The maximum Gasteiger partial charge on any atom is 0.257 e. The summed E-state index contributed by atoms with van der Waals surface area (Å²) in [5.41, 5.74) is 6.05. The fourth-order valence-electron chi connectivity index (χ4n) is 2.29. The van der Waals surface area contributed by atoms with Crippen LogP contribution in [0.1, 0.15) is 30.6 Å². The van der Waals surface area contributed by atoms with Crippen LogP contribution in [-0.4, -0.2) is 36.1 Å². The summed E-state index contributed by atoms with van der Waals surface area (Å²) >= 11 is 0. The van der Waals surface area contributed by atoms with Gasteiger partial charge < -0.3 is 15.4 Å². The van der Waals surface area contributed by atoms with Gasteiger partial charge in [0.25, 0.3) is 5.91 Å². The maximum absolute atomic E-state index is 13.8. The van der Waals surface area contributed by atoms with Crippen molar-refractivity contribution in [2.24, 2.45) is 0 Å². The molecule has 1 heterocycles. The zero-order valence-electron chi connectivity index (χ0n) is 11.2. The third-order valence-electron chi connectivity index (χ3n) is 3.42. The Balaban J connectivity index is 2.28. The average Bonchev–Trinajstić information content (AvgIpc) is 2.40. The summed E-state index contributed by atoms with van der Waals surface area (Å²) in [6.45, 7) is 4.86. The van der Waals surface area contributed by atoms with E-state index in [0.717, 1.165) is 6.42 Å². The minimum absolute atomic E-state index is 0.00969. The average molecular weight is 266 g/mol. The van der Waals surface area contributed by atoms with Gasteiger partial charge in [-0.05, 0) is 31.5 Å². The zero-order valence-corrected chi connectivity index (χ0v) is 11.2. The van der Waals surface area contributed by atoms with Crippen LogP contribution in [0.25, 0.3) is 0 Å². The highest BCUT2D eigenvalue weighted by atomic mass is 19.1. The van der Waals surface area contributed by atoms with Gasteiger partial charge in [0.1, 0.15) is 5.82 Å². The zero-order chi connectivity index (χ0) is 14.0. The first-order valence-corrected chi connectivity index (χ1v) is 6.50. The molecule has 2 rings (SSSR count). The van der Waals surface area contributed by atoms with Crippen molar-refractivity contribution in [2.45, 2.75) is 32.4 Å². The van der Waals surface area contributed by atoms with E-state index in [9.17, 15) is 9.18 Å². The number of ether oxygens (including phenoxy) is 1. The molecule has 1 amide bonds. The van der Waals surface area contributed by atoms with E-state index < -0.39 is 5.82 Å². The molecule has 2 unspecified atom stereocenters. The molecular formula is C14H19FN2O2. The van der Waals surface area contributed by atoms with Gasteiger partial charge in [0, 0.05) is 12.2 Å². The first kappa shape index (κ1) is 13.8. The van der Waals surface area contributed by atoms with E-state index in [4.69, 9.17) is 10.5 Å². The fraction of sp³-hybridized carbons (Fsp3) is 0.500. The molecule has 1 aliphatic heterocycles. The number of carbonyl (C=O) groups excluding carboxylic acids is 1. The number of carbonyl (C=O) groups is 1. The van der Waals surface area contributed by atoms with Gasteiger partial charge in [-0.15, -0.1) is 0 Å². The van der Waals surface area contributed by atoms with Crippen molar-refractivity contribution in [3.05, 3.63) is 29.6 Å². The number of hydrogen-bond acceptors (Lipinski definition) is 3. The topological polar surface area (TPSA) is 55.6 Å². The number of anilines is 1. The molecule has 19 heavy (non-hydrogen) atoms. The monoisotopic (exact) mass is 266 g/mol. The van der Waals surface area contributed by atoms with Crippen LogP contribution >= 0.6 is 0 Å². The first-order valence-electron chi connectivity index (χ1n) is 6.50. The van der Waals surface area contributed by atoms with Crippen molar-refractivity contribution in [3.63, 3.8) is 0 Å². The number of morpholine rings is 1. The van der Waals surface area contributed by atoms with Crippen LogP contribution < -0.4 is 5.73 Å². The molecule has 1 aromatic carbocycles. The lowest BCUT2D eigenvalue weighted by Gasteiger charge is -2.38. The smallest absolute Gasteiger partial charge is 0.257 e. The number of nitrogens with zero attached hydrogens (tertiary/aromatic N) is 1. The molecule has 104 valence electrons. The summed E-state index contributed by atoms with van der Waals surface area (Å²) in [4.78, 5) is 14.1. The molecule has 4 nitrogen and oxygen atoms in total. The van der Waals surface area contributed by atoms with Gasteiger partial charge in [-0.2, -0.15) is 0 Å². The van der Waals surface area contributed by atoms with Crippen molar-refractivity contribution in [1.82, 2.24) is 4.90 Å². The summed E-state index contributed by atoms with van der Waals surface area (Å²) < 4.78 is 19.3. The van der Waals surface area contributed by atoms with E-state index in [2.05, 4.69) is 0 Å². The highest BCUT2D eigenvalue weighted by molar-refractivity contribution is 5.95. The van der Waals surface area contributed by atoms with Gasteiger partial charge >= 0.3 is 0 Å². The third kappa shape index (κ3) is 2.87. The first-order chi connectivity index (χ1) is 9.02. The summed E-state index contributed by atoms with van der Waals surface area (Å²) in [6.07, 6.45) is 0.749. The molecule has 2 N–H and O–H groups in total. The van der Waals surface area contributed by atoms with Crippen LogP contribution in [0.5, 0.6) is 0 Å². The number of amides is 1. The Morgan fingerprint density at radius 1 is 1.58 bits per heavy atom. The Hall–Kier alpha value is -1.62. The summed E-state index contributed by atoms with van der Waals surface area (Å²) in [7, 11) is 0. The van der Waals surface area contributed by atoms with Crippen LogP contribution in [0, 0.1) is 5.82 Å². The van der Waals surface area contributed by atoms with Crippen LogP contribution in [0.3, 0.4) is 0 Å². The van der Waals surface area contributed by atoms with Crippen molar-refractivity contribution in [3.8, 4) is 0 Å². The molecule has 1 fully saturated rings. The van der Waals surface area contributed by atoms with Crippen LogP contribution in [-0.2, 0) is 4.74 Å². The van der Waals surface area contributed by atoms with E-state index in [0.29, 0.717) is 18.8 Å². The lowest BCUT2D eigenvalue weighted by Crippen LogP contribution is -2.51. The Kier molecular flexibility index (Phi) is 4.04. The lowest BCUT2D eigenvalue weighted by atomic mass is 10.1. The van der Waals surface area contributed by atoms with Gasteiger partial charge in [0.15, 0.2) is 0 Å². The summed E-state index contributed by atoms with van der Waals surface area (Å²) in [6, 6.07) is 4.06. The van der Waals surface area contributed by atoms with Gasteiger partial charge in [0.05, 0.1) is 24.3 Å². The second-order valence-electron chi connectivity index (χ2n) is 4.90. The molecular weight excluding hydrogens is 247 g/mol. The van der Waals surface area contributed by atoms with Crippen LogP contribution in [0.2, 0.25) is 0 Å². The number of rotatable bonds is 2. The third-order valence-corrected chi connectivity index (χ3v) is 3.42. The molecule has 2 atom stereocenters. The second kappa shape index (κ2) is 5.57. The number of nitrogen functional groups attached to an aromatic ring is 1. The number of halogens is 1. The van der Waals surface area contributed by atoms with Gasteiger partial charge in [-0.25, -0.2) is 4.39 Å². The standard InChI is InChI=1S/C14H19FN2O2/c1-3-11-8-19-9(2)7-17(11)14(18)12-6-10(16)4-5-13(12)15/h4-6,9,11H,3,7-8,16H2,1-2H3. The van der Waals surface area contributed by atoms with Crippen molar-refractivity contribution >= 4 is 11.6 Å². The van der Waals surface area contributed by atoms with Gasteiger partial charge in [-0.1, -0.05) is 6.92 Å². The fourth-order valence-corrected chi connectivity index (χ4v) is 2.29. The quantitative estimate of drug-likeness (QED) is 0.833. The molecule has 0 spiro atoms. The minimum Gasteiger partial charge on any atom is -0.399 e. The Labute approximate surface area is 112 Å². The number of nitrogens with two attached hydrogens (primary N) is 1. The van der Waals surface area contributed by atoms with Crippen molar-refractivity contribution < 1.29 is 13.9 Å². The maximum atomic E-state index is 13.8. The van der Waals surface area contributed by atoms with E-state index in [1.165, 1.54) is 18.2 Å². The molecule has 0 aliphatic carbocycles. The predicted molar refractivity (Wildman–Crippen MR) is 71.3 cm³/mol. The highest BCUT2D eigenvalue weighted by Crippen LogP contribution is 2.20. The number of benzene rings is 1. The van der Waals surface area contributed by atoms with Crippen LogP contribution in [0.4, 0.5) is 10.1 Å². The summed E-state index contributed by atoms with van der Waals surface area (Å²) in [5.74, 6) is -0.847. The van der Waals surface area contributed by atoms with E-state index in [1.54, 1.807) is 4.90 Å². The highest BCUT2D eigenvalue weighted by Gasteiger charge is 2.31. The molecule has 5 heteroatoms. The Morgan fingerprint density at radius 2 is 2.32 bits per heavy atom. The largest absolute Gasteiger partial charge is 0.399 e. The van der Waals surface area contributed by atoms with Gasteiger partial charge in [-0.3, -0.25) is 4.79 Å². The lowest BCUT2D eigenvalue weighted by molar-refractivity contribution is -0.0445. The second-order valence-corrected chi connectivity index (χ2v) is 4.90. The minimum atomic E-state index is -0.534. The Bertz CT molecular complexity index is 479. The predicted octanol–water partition coefficient (Wildman–Crippen LogP) is 2.05. The van der Waals surface area contributed by atoms with Crippen molar-refractivity contribution in [2.75, 3.05) is 18.9 Å². The van der Waals surface area contributed by atoms with E-state index in [1.807, 2.05) is 13.8 Å². The van der Waals surface area contributed by atoms with Crippen molar-refractivity contribution in [1.29, 1.82) is 0 Å². The molecule has 1 aromatic rings. The molecule has 0 saturated carbocycles. The van der Waals surface area contributed by atoms with Gasteiger partial charge in [0.2, 0.25) is 0 Å².